The lowest BCUT2D eigenvalue weighted by molar-refractivity contribution is -0.226. The van der Waals surface area contributed by atoms with E-state index in [0.29, 0.717) is 6.61 Å². The molecule has 0 spiro atoms. The minimum atomic E-state index is -0.491. The highest BCUT2D eigenvalue weighted by molar-refractivity contribution is 5.70. The molecule has 3 heterocycles. The van der Waals surface area contributed by atoms with Crippen molar-refractivity contribution < 1.29 is 28.5 Å². The average Bonchev–Trinajstić information content (AvgIpc) is 3.54. The fraction of sp³-hybridized carbons (Fsp3) is 0.741. The Morgan fingerprint density at radius 1 is 1.30 bits per heavy atom. The fourth-order valence-electron chi connectivity index (χ4n) is 9.17. The van der Waals surface area contributed by atoms with Gasteiger partial charge in [-0.25, -0.2) is 0 Å². The van der Waals surface area contributed by atoms with Gasteiger partial charge in [-0.15, -0.1) is 0 Å². The highest BCUT2D eigenvalue weighted by Crippen LogP contribution is 2.73. The smallest absolute Gasteiger partial charge is 0.305 e. The second-order valence-electron chi connectivity index (χ2n) is 11.9. The van der Waals surface area contributed by atoms with Crippen molar-refractivity contribution in [1.82, 2.24) is 0 Å². The van der Waals surface area contributed by atoms with Crippen LogP contribution in [0.2, 0.25) is 0 Å². The van der Waals surface area contributed by atoms with Crippen LogP contribution in [0.4, 0.5) is 0 Å². The molecule has 0 bridgehead atoms. The SMILES string of the molecule is COC(=O)CC1C2(C)C3=C(C)C(c4ccco4)CC3OC2C2OCC3(C)CCC(O)C1(C)C23. The van der Waals surface area contributed by atoms with Gasteiger partial charge in [-0.2, -0.15) is 0 Å². The van der Waals surface area contributed by atoms with Gasteiger partial charge in [0.15, 0.2) is 0 Å². The van der Waals surface area contributed by atoms with E-state index in [2.05, 4.69) is 27.7 Å². The average molecular weight is 457 g/mol. The molecule has 10 unspecified atom stereocenters. The summed E-state index contributed by atoms with van der Waals surface area (Å²) in [4.78, 5) is 12.8. The molecular formula is C27H36O6. The van der Waals surface area contributed by atoms with Crippen molar-refractivity contribution in [2.24, 2.45) is 28.1 Å². The van der Waals surface area contributed by atoms with Crippen LogP contribution < -0.4 is 0 Å². The third-order valence-electron chi connectivity index (χ3n) is 10.5. The number of furan rings is 1. The normalized spacial score (nSPS) is 50.2. The number of carbonyl (C=O) groups is 1. The van der Waals surface area contributed by atoms with Gasteiger partial charge in [0.05, 0.1) is 44.4 Å². The van der Waals surface area contributed by atoms with Crippen LogP contribution in [0.25, 0.3) is 0 Å². The molecule has 1 N–H and O–H groups in total. The van der Waals surface area contributed by atoms with Crippen molar-refractivity contribution in [2.45, 2.75) is 83.7 Å². The highest BCUT2D eigenvalue weighted by Gasteiger charge is 2.75. The Morgan fingerprint density at radius 2 is 2.09 bits per heavy atom. The molecule has 1 aromatic rings. The summed E-state index contributed by atoms with van der Waals surface area (Å²) < 4.78 is 24.4. The molecule has 10 atom stereocenters. The zero-order valence-electron chi connectivity index (χ0n) is 20.3. The lowest BCUT2D eigenvalue weighted by Gasteiger charge is -2.64. The lowest BCUT2D eigenvalue weighted by atomic mass is 9.40. The Balaban J connectivity index is 1.54. The summed E-state index contributed by atoms with van der Waals surface area (Å²) in [6.07, 6.45) is 3.78. The third kappa shape index (κ3) is 2.58. The summed E-state index contributed by atoms with van der Waals surface area (Å²) >= 11 is 0. The molecule has 33 heavy (non-hydrogen) atoms. The molecule has 2 aliphatic heterocycles. The first-order chi connectivity index (χ1) is 15.7. The lowest BCUT2D eigenvalue weighted by Crippen LogP contribution is -2.68. The summed E-state index contributed by atoms with van der Waals surface area (Å²) in [5.74, 6) is 0.950. The van der Waals surface area contributed by atoms with E-state index in [1.807, 2.05) is 12.1 Å². The number of aliphatic hydroxyl groups excluding tert-OH is 1. The molecule has 6 nitrogen and oxygen atoms in total. The van der Waals surface area contributed by atoms with E-state index in [0.717, 1.165) is 25.0 Å². The predicted octanol–water partition coefficient (Wildman–Crippen LogP) is 4.23. The van der Waals surface area contributed by atoms with Crippen LogP contribution in [0.5, 0.6) is 0 Å². The second kappa shape index (κ2) is 6.96. The first-order valence-electron chi connectivity index (χ1n) is 12.4. The van der Waals surface area contributed by atoms with Gasteiger partial charge in [0, 0.05) is 29.1 Å². The maximum Gasteiger partial charge on any atom is 0.305 e. The van der Waals surface area contributed by atoms with E-state index >= 15 is 0 Å². The van der Waals surface area contributed by atoms with Crippen LogP contribution in [0.15, 0.2) is 34.0 Å². The van der Waals surface area contributed by atoms with Crippen molar-refractivity contribution in [3.63, 3.8) is 0 Å². The fourth-order valence-corrected chi connectivity index (χ4v) is 9.17. The number of methoxy groups -OCH3 is 1. The number of hydrogen-bond donors (Lipinski definition) is 1. The van der Waals surface area contributed by atoms with Crippen LogP contribution in [0, 0.1) is 28.1 Å². The summed E-state index contributed by atoms with van der Waals surface area (Å²) in [7, 11) is 1.46. The second-order valence-corrected chi connectivity index (χ2v) is 11.9. The number of carbonyl (C=O) groups excluding carboxylic acids is 1. The van der Waals surface area contributed by atoms with Gasteiger partial charge in [-0.3, -0.25) is 4.79 Å². The van der Waals surface area contributed by atoms with Gasteiger partial charge < -0.3 is 23.7 Å². The quantitative estimate of drug-likeness (QED) is 0.542. The van der Waals surface area contributed by atoms with Gasteiger partial charge in [-0.1, -0.05) is 26.3 Å². The molecule has 5 aliphatic rings. The maximum atomic E-state index is 12.8. The van der Waals surface area contributed by atoms with Crippen molar-refractivity contribution in [1.29, 1.82) is 0 Å². The van der Waals surface area contributed by atoms with Crippen LogP contribution in [-0.4, -0.2) is 49.2 Å². The molecule has 3 aliphatic carbocycles. The van der Waals surface area contributed by atoms with Crippen LogP contribution >= 0.6 is 0 Å². The largest absolute Gasteiger partial charge is 0.469 e. The molecule has 0 radical (unpaired) electrons. The molecule has 2 saturated carbocycles. The van der Waals surface area contributed by atoms with Crippen LogP contribution in [0.3, 0.4) is 0 Å². The number of esters is 1. The molecule has 180 valence electrons. The van der Waals surface area contributed by atoms with Gasteiger partial charge in [0.25, 0.3) is 0 Å². The van der Waals surface area contributed by atoms with E-state index in [1.54, 1.807) is 6.26 Å². The van der Waals surface area contributed by atoms with Gasteiger partial charge in [0.2, 0.25) is 0 Å². The summed E-state index contributed by atoms with van der Waals surface area (Å²) in [5.41, 5.74) is 1.65. The van der Waals surface area contributed by atoms with Gasteiger partial charge in [0.1, 0.15) is 5.76 Å². The Kier molecular flexibility index (Phi) is 4.61. The molecule has 1 aromatic heterocycles. The zero-order valence-corrected chi connectivity index (χ0v) is 20.3. The molecule has 6 rings (SSSR count). The number of ether oxygens (including phenoxy) is 3. The maximum absolute atomic E-state index is 12.8. The van der Waals surface area contributed by atoms with Crippen molar-refractivity contribution in [3.05, 3.63) is 35.3 Å². The Bertz CT molecular complexity index is 998. The van der Waals surface area contributed by atoms with Crippen LogP contribution in [-0.2, 0) is 19.0 Å². The molecule has 4 fully saturated rings. The van der Waals surface area contributed by atoms with Crippen LogP contribution in [0.1, 0.15) is 65.1 Å². The first kappa shape index (κ1) is 21.9. The Morgan fingerprint density at radius 3 is 2.79 bits per heavy atom. The topological polar surface area (TPSA) is 78.1 Å². The van der Waals surface area contributed by atoms with Crippen molar-refractivity contribution >= 4 is 5.97 Å². The number of allylic oxidation sites excluding steroid dienone is 1. The van der Waals surface area contributed by atoms with E-state index in [1.165, 1.54) is 18.3 Å². The standard InChI is InChI=1S/C27H36O6/c1-14-15(16-7-6-10-31-16)11-17-21(14)27(4)18(12-20(29)30-5)26(3)19(28)8-9-25(2)13-32-22(23(25)26)24(27)33-17/h6-7,10,15,17-19,22-24,28H,8-9,11-13H2,1-5H3. The molecule has 0 aromatic carbocycles. The van der Waals surface area contributed by atoms with E-state index < -0.39 is 16.9 Å². The minimum Gasteiger partial charge on any atom is -0.469 e. The van der Waals surface area contributed by atoms with Gasteiger partial charge >= 0.3 is 5.97 Å². The molecule has 6 heteroatoms. The Hall–Kier alpha value is -1.63. The minimum absolute atomic E-state index is 0.0183. The summed E-state index contributed by atoms with van der Waals surface area (Å²) in [5, 5.41) is 11.6. The monoisotopic (exact) mass is 456 g/mol. The first-order valence-corrected chi connectivity index (χ1v) is 12.4. The van der Waals surface area contributed by atoms with E-state index in [9.17, 15) is 9.90 Å². The number of fused-ring (bicyclic) bond motifs is 4. The predicted molar refractivity (Wildman–Crippen MR) is 120 cm³/mol. The highest BCUT2D eigenvalue weighted by atomic mass is 16.6. The Labute approximate surface area is 195 Å². The zero-order chi connectivity index (χ0) is 23.3. The molecule has 2 saturated heterocycles. The summed E-state index contributed by atoms with van der Waals surface area (Å²) in [6, 6.07) is 3.97. The molecular weight excluding hydrogens is 420 g/mol. The number of aliphatic hydroxyl groups is 1. The van der Waals surface area contributed by atoms with E-state index in [4.69, 9.17) is 18.6 Å². The van der Waals surface area contributed by atoms with E-state index in [-0.39, 0.29) is 53.9 Å². The molecule has 0 amide bonds. The van der Waals surface area contributed by atoms with Gasteiger partial charge in [-0.05, 0) is 55.2 Å². The summed E-state index contributed by atoms with van der Waals surface area (Å²) in [6.45, 7) is 9.64. The number of rotatable bonds is 3. The number of hydrogen-bond acceptors (Lipinski definition) is 6. The van der Waals surface area contributed by atoms with Crippen molar-refractivity contribution in [2.75, 3.05) is 13.7 Å². The van der Waals surface area contributed by atoms with Crippen molar-refractivity contribution in [3.8, 4) is 0 Å². The third-order valence-corrected chi connectivity index (χ3v) is 10.5.